The Morgan fingerprint density at radius 1 is 0.321 bits per heavy atom. The first-order valence-electron chi connectivity index (χ1n) is 11.6. The van der Waals surface area contributed by atoms with Crippen LogP contribution < -0.4 is 0 Å². The van der Waals surface area contributed by atoms with E-state index in [2.05, 4.69) is 13.6 Å². The van der Waals surface area contributed by atoms with Gasteiger partial charge < -0.3 is 0 Å². The van der Waals surface area contributed by atoms with Crippen molar-refractivity contribution in [3.05, 3.63) is 0 Å². The molecule has 0 bridgehead atoms. The summed E-state index contributed by atoms with van der Waals surface area (Å²) in [7, 11) is -8.24. The molecule has 0 spiro atoms. The predicted octanol–water partition coefficient (Wildman–Crippen LogP) is 10.6. The Hall–Kier alpha value is -1.99. The fourth-order valence-electron chi connectivity index (χ4n) is 2.59. The summed E-state index contributed by atoms with van der Waals surface area (Å²) in [5.41, 5.74) is 0. The van der Waals surface area contributed by atoms with E-state index in [1.807, 2.05) is 0 Å². The van der Waals surface area contributed by atoms with Crippen LogP contribution in [-0.4, -0.2) is 110 Å². The van der Waals surface area contributed by atoms with Crippen molar-refractivity contribution in [2.75, 3.05) is 19.8 Å². The molecular weight excluding hydrogens is 881 g/mol. The van der Waals surface area contributed by atoms with Gasteiger partial charge in [0.1, 0.15) is 19.8 Å². The monoisotopic (exact) mass is 890 g/mol. The minimum atomic E-state index is -8.24. The van der Waals surface area contributed by atoms with Gasteiger partial charge in [0.05, 0.1) is 0 Å². The summed E-state index contributed by atoms with van der Waals surface area (Å²) in [5.74, 6) is -94.1. The molecule has 0 aromatic heterocycles. The summed E-state index contributed by atoms with van der Waals surface area (Å²) in [6.45, 7) is -13.5. The van der Waals surface area contributed by atoms with E-state index < -0.39 is 118 Å². The quantitative estimate of drug-likeness (QED) is 0.0851. The van der Waals surface area contributed by atoms with E-state index in [1.165, 1.54) is 0 Å². The molecule has 0 aromatic rings. The fourth-order valence-corrected chi connectivity index (χ4v) is 3.78. The maximum atomic E-state index is 13.9. The van der Waals surface area contributed by atoms with Crippen molar-refractivity contribution >= 4 is 7.82 Å². The molecule has 35 heteroatoms. The van der Waals surface area contributed by atoms with Crippen LogP contribution in [0.3, 0.4) is 0 Å². The summed E-state index contributed by atoms with van der Waals surface area (Å²) in [6, 6.07) is 0. The van der Waals surface area contributed by atoms with Gasteiger partial charge in [-0.25, -0.2) is 30.9 Å². The molecule has 0 heterocycles. The third kappa shape index (κ3) is 8.28. The molecule has 53 heavy (non-hydrogen) atoms. The first kappa shape index (κ1) is 51.0. The second-order valence-corrected chi connectivity index (χ2v) is 11.3. The van der Waals surface area contributed by atoms with E-state index in [9.17, 15) is 136 Å². The molecule has 0 aromatic carbocycles. The third-order valence-electron chi connectivity index (χ3n) is 5.85. The summed E-state index contributed by atoms with van der Waals surface area (Å²) in [5, 5.41) is 0. The topological polar surface area (TPSA) is 44.8 Å². The van der Waals surface area contributed by atoms with Crippen molar-refractivity contribution in [3.63, 3.8) is 0 Å². The number of alkyl halides is 30. The number of hydrogen-bond acceptors (Lipinski definition) is 4. The van der Waals surface area contributed by atoms with E-state index in [0.29, 0.717) is 0 Å². The molecule has 0 unspecified atom stereocenters. The van der Waals surface area contributed by atoms with Crippen LogP contribution in [-0.2, 0) is 18.1 Å². The van der Waals surface area contributed by atoms with Gasteiger partial charge in [-0.15, -0.1) is 0 Å². The summed E-state index contributed by atoms with van der Waals surface area (Å²) in [4.78, 5) is 0. The van der Waals surface area contributed by atoms with Crippen LogP contribution in [0.4, 0.5) is 132 Å². The molecule has 0 aliphatic heterocycles. The second kappa shape index (κ2) is 14.5. The highest BCUT2D eigenvalue weighted by molar-refractivity contribution is 7.48. The Morgan fingerprint density at radius 2 is 0.472 bits per heavy atom. The Balaban J connectivity index is 7.13. The van der Waals surface area contributed by atoms with Crippen molar-refractivity contribution in [2.45, 2.75) is 90.3 Å². The van der Waals surface area contributed by atoms with E-state index >= 15 is 0 Å². The Kier molecular flexibility index (Phi) is 14.0. The van der Waals surface area contributed by atoms with Crippen LogP contribution in [0.15, 0.2) is 0 Å². The number of phosphoric ester groups is 1. The largest absolute Gasteiger partial charge is 0.475 e. The SMILES string of the molecule is O=P(OCC(F)(F)C(F)(F)C(F)(F)C(F)(F)C(F)F)(OCC(F)(F)C(F)(F)C(F)(F)C(F)(F)C(F)F)OCC(F)(F)C(F)(F)C(F)(F)C(F)(F)C(F)F. The number of hydrogen-bond donors (Lipinski definition) is 0. The van der Waals surface area contributed by atoms with Gasteiger partial charge in [0.2, 0.25) is 0 Å². The van der Waals surface area contributed by atoms with Gasteiger partial charge in [-0.3, -0.25) is 13.6 Å². The molecule has 0 saturated heterocycles. The van der Waals surface area contributed by atoms with Gasteiger partial charge in [-0.2, -0.15) is 105 Å². The molecule has 0 rings (SSSR count). The molecule has 4 nitrogen and oxygen atoms in total. The lowest BCUT2D eigenvalue weighted by Crippen LogP contribution is -2.65. The van der Waals surface area contributed by atoms with Gasteiger partial charge in [-0.1, -0.05) is 0 Å². The molecule has 0 radical (unpaired) electrons. The molecule has 0 N–H and O–H groups in total. The Bertz CT molecular complexity index is 1140. The van der Waals surface area contributed by atoms with Gasteiger partial charge >= 0.3 is 98.2 Å². The summed E-state index contributed by atoms with van der Waals surface area (Å²) < 4.78 is 416. The molecule has 320 valence electrons. The predicted molar refractivity (Wildman–Crippen MR) is 103 cm³/mol. The maximum Gasteiger partial charge on any atom is 0.475 e. The van der Waals surface area contributed by atoms with E-state index in [1.54, 1.807) is 0 Å². The van der Waals surface area contributed by atoms with Gasteiger partial charge in [0, 0.05) is 0 Å². The Morgan fingerprint density at radius 3 is 0.604 bits per heavy atom. The van der Waals surface area contributed by atoms with E-state index in [-0.39, 0.29) is 0 Å². The first-order valence-corrected chi connectivity index (χ1v) is 13.1. The highest BCUT2D eigenvalue weighted by atomic mass is 31.2. The minimum Gasteiger partial charge on any atom is -0.280 e. The zero-order chi connectivity index (χ0) is 43.5. The van der Waals surface area contributed by atoms with Crippen LogP contribution in [0, 0.1) is 0 Å². The van der Waals surface area contributed by atoms with Crippen molar-refractivity contribution in [2.24, 2.45) is 0 Å². The zero-order valence-electron chi connectivity index (χ0n) is 23.3. The maximum absolute atomic E-state index is 13.9. The molecule has 0 amide bonds. The average molecular weight is 890 g/mol. The van der Waals surface area contributed by atoms with Crippen LogP contribution in [0.2, 0.25) is 0 Å². The molecule has 0 atom stereocenters. The fraction of sp³-hybridized carbons (Fsp3) is 1.00. The van der Waals surface area contributed by atoms with Crippen molar-refractivity contribution < 1.29 is 150 Å². The number of phosphoric acid groups is 1. The summed E-state index contributed by atoms with van der Waals surface area (Å²) in [6.07, 6.45) is -18.1. The summed E-state index contributed by atoms with van der Waals surface area (Å²) >= 11 is 0. The first-order chi connectivity index (χ1) is 22.7. The third-order valence-corrected chi connectivity index (χ3v) is 7.19. The Labute approximate surface area is 269 Å². The van der Waals surface area contributed by atoms with Crippen molar-refractivity contribution in [1.82, 2.24) is 0 Å². The standard InChI is InChI=1S/C18H9F30O4P/c19-4(20)10(31,32)16(43,44)13(37,38)7(25,26)1-50-53(49,51-2-8(27,28)14(39,40)17(45,46)11(33,34)5(21)22)52-3-9(29,30)15(41,42)18(47,48)12(35,36)6(23)24/h4-6H,1-3H2. The highest BCUT2D eigenvalue weighted by Gasteiger charge is 2.85. The zero-order valence-corrected chi connectivity index (χ0v) is 24.2. The van der Waals surface area contributed by atoms with Gasteiger partial charge in [-0.05, 0) is 0 Å². The normalized spacial score (nSPS) is 16.4. The average Bonchev–Trinajstić information content (AvgIpc) is 2.97. The molecule has 0 aliphatic carbocycles. The smallest absolute Gasteiger partial charge is 0.280 e. The number of rotatable bonds is 21. The van der Waals surface area contributed by atoms with E-state index in [0.717, 1.165) is 0 Å². The molecule has 0 aliphatic rings. The van der Waals surface area contributed by atoms with Gasteiger partial charge in [0.15, 0.2) is 0 Å². The van der Waals surface area contributed by atoms with Crippen LogP contribution >= 0.6 is 7.82 Å². The van der Waals surface area contributed by atoms with Crippen molar-refractivity contribution in [1.29, 1.82) is 0 Å². The van der Waals surface area contributed by atoms with Crippen LogP contribution in [0.25, 0.3) is 0 Å². The van der Waals surface area contributed by atoms with Gasteiger partial charge in [0.25, 0.3) is 0 Å². The molecule has 0 saturated carbocycles. The van der Waals surface area contributed by atoms with Crippen molar-refractivity contribution in [3.8, 4) is 0 Å². The lowest BCUT2D eigenvalue weighted by atomic mass is 9.99. The van der Waals surface area contributed by atoms with Crippen LogP contribution in [0.1, 0.15) is 0 Å². The van der Waals surface area contributed by atoms with E-state index in [4.69, 9.17) is 0 Å². The highest BCUT2D eigenvalue weighted by Crippen LogP contribution is 2.61. The molecular formula is C18H9F30O4P. The lowest BCUT2D eigenvalue weighted by Gasteiger charge is -2.38. The minimum absolute atomic E-state index is 2.60. The number of halogens is 30. The molecule has 0 fully saturated rings. The lowest BCUT2D eigenvalue weighted by molar-refractivity contribution is -0.388. The second-order valence-electron chi connectivity index (χ2n) is 9.60. The van der Waals surface area contributed by atoms with Crippen LogP contribution in [0.5, 0.6) is 0 Å².